The van der Waals surface area contributed by atoms with Gasteiger partial charge in [0.05, 0.1) is 11.9 Å². The highest BCUT2D eigenvalue weighted by molar-refractivity contribution is 5.73. The molecule has 0 aliphatic heterocycles. The van der Waals surface area contributed by atoms with Gasteiger partial charge in [-0.25, -0.2) is 9.48 Å². The molecule has 18 heavy (non-hydrogen) atoms. The zero-order chi connectivity index (χ0) is 13.3. The largest absolute Gasteiger partial charge is 0.480 e. The van der Waals surface area contributed by atoms with Crippen LogP contribution >= 0.6 is 0 Å². The van der Waals surface area contributed by atoms with E-state index in [0.717, 1.165) is 16.8 Å². The number of rotatable bonds is 3. The van der Waals surface area contributed by atoms with Gasteiger partial charge in [0.1, 0.15) is 6.04 Å². The summed E-state index contributed by atoms with van der Waals surface area (Å²) in [7, 11) is 0. The summed E-state index contributed by atoms with van der Waals surface area (Å²) in [6.07, 6.45) is 1.59. The maximum atomic E-state index is 11.0. The van der Waals surface area contributed by atoms with E-state index in [0.29, 0.717) is 0 Å². The Bertz CT molecular complexity index is 590. The van der Waals surface area contributed by atoms with Crippen LogP contribution in [-0.2, 0) is 4.79 Å². The lowest BCUT2D eigenvalue weighted by molar-refractivity contribution is -0.140. The fourth-order valence-electron chi connectivity index (χ4n) is 1.93. The van der Waals surface area contributed by atoms with Crippen molar-refractivity contribution >= 4 is 5.97 Å². The molecule has 0 amide bonds. The Kier molecular flexibility index (Phi) is 3.14. The van der Waals surface area contributed by atoms with Gasteiger partial charge in [0.2, 0.25) is 0 Å². The molecule has 2 rings (SSSR count). The molecule has 0 aliphatic rings. The minimum Gasteiger partial charge on any atom is -0.480 e. The standard InChI is InChI=1S/C13H15N3O2/c1-8-4-5-11(9(2)6-8)12-7-14-15-16(12)10(3)13(17)18/h4-7,10H,1-3H3,(H,17,18). The van der Waals surface area contributed by atoms with Gasteiger partial charge in [0.25, 0.3) is 0 Å². The Labute approximate surface area is 105 Å². The Balaban J connectivity index is 2.52. The molecule has 0 spiro atoms. The molecule has 1 unspecified atom stereocenters. The lowest BCUT2D eigenvalue weighted by Gasteiger charge is -2.12. The summed E-state index contributed by atoms with van der Waals surface area (Å²) in [4.78, 5) is 11.0. The lowest BCUT2D eigenvalue weighted by atomic mass is 10.0. The number of benzene rings is 1. The number of aryl methyl sites for hydroxylation is 2. The van der Waals surface area contributed by atoms with Gasteiger partial charge in [0.15, 0.2) is 0 Å². The molecule has 1 heterocycles. The highest BCUT2D eigenvalue weighted by Gasteiger charge is 2.19. The molecule has 94 valence electrons. The fraction of sp³-hybridized carbons (Fsp3) is 0.308. The Morgan fingerprint density at radius 2 is 2.11 bits per heavy atom. The van der Waals surface area contributed by atoms with Gasteiger partial charge in [-0.3, -0.25) is 0 Å². The van der Waals surface area contributed by atoms with Crippen LogP contribution in [0.25, 0.3) is 11.3 Å². The summed E-state index contributed by atoms with van der Waals surface area (Å²) < 4.78 is 1.43. The van der Waals surface area contributed by atoms with Gasteiger partial charge in [-0.1, -0.05) is 29.0 Å². The van der Waals surface area contributed by atoms with E-state index >= 15 is 0 Å². The average Bonchev–Trinajstić information content (AvgIpc) is 2.76. The highest BCUT2D eigenvalue weighted by atomic mass is 16.4. The minimum absolute atomic E-state index is 0.724. The molecule has 1 atom stereocenters. The number of nitrogens with zero attached hydrogens (tertiary/aromatic N) is 3. The van der Waals surface area contributed by atoms with Crippen molar-refractivity contribution in [2.75, 3.05) is 0 Å². The van der Waals surface area contributed by atoms with E-state index in [2.05, 4.69) is 16.4 Å². The van der Waals surface area contributed by atoms with E-state index < -0.39 is 12.0 Å². The van der Waals surface area contributed by atoms with E-state index in [1.54, 1.807) is 13.1 Å². The van der Waals surface area contributed by atoms with Crippen LogP contribution in [-0.4, -0.2) is 26.1 Å². The second-order valence-corrected chi connectivity index (χ2v) is 4.40. The molecule has 0 saturated carbocycles. The van der Waals surface area contributed by atoms with Crippen molar-refractivity contribution in [2.45, 2.75) is 26.8 Å². The van der Waals surface area contributed by atoms with Gasteiger partial charge in [-0.15, -0.1) is 5.10 Å². The first-order valence-corrected chi connectivity index (χ1v) is 5.71. The number of carbonyl (C=O) groups is 1. The summed E-state index contributed by atoms with van der Waals surface area (Å²) in [6, 6.07) is 5.28. The van der Waals surface area contributed by atoms with Crippen LogP contribution in [0.15, 0.2) is 24.4 Å². The van der Waals surface area contributed by atoms with Gasteiger partial charge in [-0.05, 0) is 26.3 Å². The average molecular weight is 245 g/mol. The van der Waals surface area contributed by atoms with Crippen LogP contribution in [0.3, 0.4) is 0 Å². The highest BCUT2D eigenvalue weighted by Crippen LogP contribution is 2.25. The van der Waals surface area contributed by atoms with Gasteiger partial charge >= 0.3 is 5.97 Å². The molecule has 0 aliphatic carbocycles. The molecule has 5 nitrogen and oxygen atoms in total. The predicted molar refractivity (Wildman–Crippen MR) is 67.3 cm³/mol. The molecule has 1 aromatic heterocycles. The molecular formula is C13H15N3O2. The fourth-order valence-corrected chi connectivity index (χ4v) is 1.93. The minimum atomic E-state index is -0.925. The van der Waals surface area contributed by atoms with Crippen molar-refractivity contribution in [3.63, 3.8) is 0 Å². The summed E-state index contributed by atoms with van der Waals surface area (Å²) >= 11 is 0. The number of aliphatic carboxylic acids is 1. The van der Waals surface area contributed by atoms with Crippen molar-refractivity contribution in [2.24, 2.45) is 0 Å². The molecule has 2 aromatic rings. The van der Waals surface area contributed by atoms with Crippen LogP contribution < -0.4 is 0 Å². The Hall–Kier alpha value is -2.17. The van der Waals surface area contributed by atoms with E-state index in [9.17, 15) is 4.79 Å². The number of carboxylic acids is 1. The van der Waals surface area contributed by atoms with Crippen LogP contribution in [0.4, 0.5) is 0 Å². The second kappa shape index (κ2) is 4.60. The number of hydrogen-bond acceptors (Lipinski definition) is 3. The lowest BCUT2D eigenvalue weighted by Crippen LogP contribution is -2.18. The Morgan fingerprint density at radius 1 is 1.39 bits per heavy atom. The normalized spacial score (nSPS) is 12.4. The zero-order valence-corrected chi connectivity index (χ0v) is 10.6. The molecular weight excluding hydrogens is 230 g/mol. The molecule has 0 radical (unpaired) electrons. The molecule has 0 bridgehead atoms. The predicted octanol–water partition coefficient (Wildman–Crippen LogP) is 2.21. The summed E-state index contributed by atoms with van der Waals surface area (Å²) in [5.74, 6) is -0.925. The molecule has 1 aromatic carbocycles. The SMILES string of the molecule is Cc1ccc(-c2cnnn2C(C)C(=O)O)c(C)c1. The summed E-state index contributed by atoms with van der Waals surface area (Å²) in [5.41, 5.74) is 3.93. The Morgan fingerprint density at radius 3 is 2.72 bits per heavy atom. The van der Waals surface area contributed by atoms with Gasteiger partial charge in [-0.2, -0.15) is 0 Å². The number of hydrogen-bond donors (Lipinski definition) is 1. The number of aromatic nitrogens is 3. The maximum Gasteiger partial charge on any atom is 0.328 e. The van der Waals surface area contributed by atoms with E-state index in [-0.39, 0.29) is 0 Å². The van der Waals surface area contributed by atoms with Crippen LogP contribution in [0.5, 0.6) is 0 Å². The van der Waals surface area contributed by atoms with Crippen molar-refractivity contribution in [3.8, 4) is 11.3 Å². The van der Waals surface area contributed by atoms with Crippen LogP contribution in [0.2, 0.25) is 0 Å². The third-order valence-corrected chi connectivity index (χ3v) is 2.96. The first-order valence-electron chi connectivity index (χ1n) is 5.71. The van der Waals surface area contributed by atoms with Crippen molar-refractivity contribution in [3.05, 3.63) is 35.5 Å². The van der Waals surface area contributed by atoms with E-state index in [4.69, 9.17) is 5.11 Å². The van der Waals surface area contributed by atoms with Crippen LogP contribution in [0, 0.1) is 13.8 Å². The van der Waals surface area contributed by atoms with E-state index in [1.807, 2.05) is 26.0 Å². The molecule has 5 heteroatoms. The monoisotopic (exact) mass is 245 g/mol. The van der Waals surface area contributed by atoms with Gasteiger partial charge in [0, 0.05) is 5.56 Å². The van der Waals surface area contributed by atoms with Crippen molar-refractivity contribution < 1.29 is 9.90 Å². The molecule has 1 N–H and O–H groups in total. The molecule has 0 saturated heterocycles. The smallest absolute Gasteiger partial charge is 0.328 e. The van der Waals surface area contributed by atoms with Crippen molar-refractivity contribution in [1.82, 2.24) is 15.0 Å². The quantitative estimate of drug-likeness (QED) is 0.900. The third kappa shape index (κ3) is 2.11. The summed E-state index contributed by atoms with van der Waals surface area (Å²) in [5, 5.41) is 16.7. The topological polar surface area (TPSA) is 68.0 Å². The second-order valence-electron chi connectivity index (χ2n) is 4.40. The molecule has 0 fully saturated rings. The first-order chi connectivity index (χ1) is 8.50. The van der Waals surface area contributed by atoms with E-state index in [1.165, 1.54) is 10.2 Å². The van der Waals surface area contributed by atoms with Crippen LogP contribution in [0.1, 0.15) is 24.1 Å². The van der Waals surface area contributed by atoms with Gasteiger partial charge < -0.3 is 5.11 Å². The van der Waals surface area contributed by atoms with Crippen molar-refractivity contribution in [1.29, 1.82) is 0 Å². The third-order valence-electron chi connectivity index (χ3n) is 2.96. The number of carboxylic acid groups (broad SMARTS) is 1. The zero-order valence-electron chi connectivity index (χ0n) is 10.6. The maximum absolute atomic E-state index is 11.0. The first kappa shape index (κ1) is 12.3. The summed E-state index contributed by atoms with van der Waals surface area (Å²) in [6.45, 7) is 5.60.